The van der Waals surface area contributed by atoms with Gasteiger partial charge in [0.25, 0.3) is 0 Å². The lowest BCUT2D eigenvalue weighted by Crippen LogP contribution is -1.96. The van der Waals surface area contributed by atoms with Gasteiger partial charge in [-0.05, 0) is 42.8 Å². The Balaban J connectivity index is 1.73. The average Bonchev–Trinajstić information content (AvgIpc) is 3.25. The molecule has 0 bridgehead atoms. The normalized spacial score (nSPS) is 11.7. The molecular formula is C23H21N3. The molecule has 1 N–H and O–H groups in total. The maximum absolute atomic E-state index is 4.76. The minimum atomic E-state index is 0.929. The van der Waals surface area contributed by atoms with Crippen LogP contribution in [-0.4, -0.2) is 14.5 Å². The van der Waals surface area contributed by atoms with Gasteiger partial charge in [0.1, 0.15) is 5.82 Å². The van der Waals surface area contributed by atoms with E-state index in [1.54, 1.807) is 0 Å². The van der Waals surface area contributed by atoms with Gasteiger partial charge < -0.3 is 9.55 Å². The van der Waals surface area contributed by atoms with Gasteiger partial charge in [0, 0.05) is 33.9 Å². The summed E-state index contributed by atoms with van der Waals surface area (Å²) in [5.74, 6) is 0.929. The van der Waals surface area contributed by atoms with Crippen LogP contribution in [0.15, 0.2) is 66.7 Å². The Bertz CT molecular complexity index is 1190. The summed E-state index contributed by atoms with van der Waals surface area (Å²) in [4.78, 5) is 8.21. The quantitative estimate of drug-likeness (QED) is 0.419. The molecule has 5 aromatic rings. The molecule has 0 amide bonds. The van der Waals surface area contributed by atoms with Crippen LogP contribution in [-0.2, 0) is 6.54 Å². The fraction of sp³-hybridized carbons (Fsp3) is 0.174. The maximum atomic E-state index is 4.76. The van der Waals surface area contributed by atoms with E-state index in [4.69, 9.17) is 4.98 Å². The Hall–Kier alpha value is -3.07. The first kappa shape index (κ1) is 15.2. The van der Waals surface area contributed by atoms with Crippen molar-refractivity contribution in [3.05, 3.63) is 66.7 Å². The van der Waals surface area contributed by atoms with E-state index in [0.29, 0.717) is 0 Å². The molecule has 5 rings (SSSR count). The number of aromatic nitrogens is 3. The first-order valence-corrected chi connectivity index (χ1v) is 9.31. The highest BCUT2D eigenvalue weighted by Gasteiger charge is 2.12. The zero-order valence-corrected chi connectivity index (χ0v) is 14.9. The molecular weight excluding hydrogens is 318 g/mol. The van der Waals surface area contributed by atoms with Crippen LogP contribution in [0.3, 0.4) is 0 Å². The summed E-state index contributed by atoms with van der Waals surface area (Å²) < 4.78 is 2.45. The first-order valence-electron chi connectivity index (χ1n) is 9.31. The van der Waals surface area contributed by atoms with Gasteiger partial charge in [0.2, 0.25) is 0 Å². The lowest BCUT2D eigenvalue weighted by Gasteiger charge is -2.06. The molecule has 0 unspecified atom stereocenters. The monoisotopic (exact) mass is 339 g/mol. The number of imidazole rings is 1. The van der Waals surface area contributed by atoms with Gasteiger partial charge in [-0.15, -0.1) is 0 Å². The Labute approximate surface area is 152 Å². The van der Waals surface area contributed by atoms with Crippen molar-refractivity contribution in [2.24, 2.45) is 0 Å². The molecule has 0 spiro atoms. The number of hydrogen-bond donors (Lipinski definition) is 1. The highest BCUT2D eigenvalue weighted by Crippen LogP contribution is 2.32. The smallest absolute Gasteiger partial charge is 0.138 e. The van der Waals surface area contributed by atoms with Gasteiger partial charge in [-0.3, -0.25) is 0 Å². The average molecular weight is 339 g/mol. The molecule has 0 atom stereocenters. The Morgan fingerprint density at radius 1 is 0.885 bits per heavy atom. The molecule has 0 aliphatic carbocycles. The maximum Gasteiger partial charge on any atom is 0.138 e. The van der Waals surface area contributed by atoms with E-state index in [1.165, 1.54) is 34.6 Å². The van der Waals surface area contributed by atoms with E-state index in [9.17, 15) is 0 Å². The van der Waals surface area contributed by atoms with E-state index >= 15 is 0 Å². The van der Waals surface area contributed by atoms with Crippen LogP contribution in [0.25, 0.3) is 44.2 Å². The Morgan fingerprint density at radius 2 is 1.69 bits per heavy atom. The lowest BCUT2D eigenvalue weighted by atomic mass is 10.1. The lowest BCUT2D eigenvalue weighted by molar-refractivity contribution is 0.665. The number of para-hydroxylation sites is 3. The minimum Gasteiger partial charge on any atom is -0.340 e. The van der Waals surface area contributed by atoms with Gasteiger partial charge >= 0.3 is 0 Å². The van der Waals surface area contributed by atoms with Gasteiger partial charge in [-0.1, -0.05) is 43.7 Å². The number of nitrogens with zero attached hydrogens (tertiary/aromatic N) is 2. The molecule has 2 aromatic heterocycles. The first-order chi connectivity index (χ1) is 12.8. The van der Waals surface area contributed by atoms with Crippen molar-refractivity contribution in [1.29, 1.82) is 0 Å². The van der Waals surface area contributed by atoms with Crippen molar-refractivity contribution in [2.75, 3.05) is 0 Å². The molecule has 128 valence electrons. The zero-order valence-electron chi connectivity index (χ0n) is 14.9. The van der Waals surface area contributed by atoms with Crippen LogP contribution >= 0.6 is 0 Å². The van der Waals surface area contributed by atoms with Crippen molar-refractivity contribution in [1.82, 2.24) is 14.5 Å². The summed E-state index contributed by atoms with van der Waals surface area (Å²) in [6, 6.07) is 23.6. The van der Waals surface area contributed by atoms with E-state index < -0.39 is 0 Å². The van der Waals surface area contributed by atoms with Gasteiger partial charge in [0.05, 0.1) is 11.0 Å². The second-order valence-electron chi connectivity index (χ2n) is 6.86. The zero-order chi connectivity index (χ0) is 17.5. The molecule has 3 heteroatoms. The predicted octanol–water partition coefficient (Wildman–Crippen LogP) is 6.14. The number of nitrogens with one attached hydrogen (secondary N) is 1. The van der Waals surface area contributed by atoms with E-state index in [-0.39, 0.29) is 0 Å². The van der Waals surface area contributed by atoms with E-state index in [1.807, 2.05) is 18.2 Å². The number of rotatable bonds is 4. The van der Waals surface area contributed by atoms with E-state index in [2.05, 4.69) is 65.0 Å². The number of fused-ring (bicyclic) bond motifs is 4. The van der Waals surface area contributed by atoms with Crippen molar-refractivity contribution in [2.45, 2.75) is 26.3 Å². The fourth-order valence-electron chi connectivity index (χ4n) is 3.85. The number of aryl methyl sites for hydroxylation is 1. The van der Waals surface area contributed by atoms with Crippen LogP contribution in [0, 0.1) is 0 Å². The molecule has 26 heavy (non-hydrogen) atoms. The second-order valence-corrected chi connectivity index (χ2v) is 6.86. The number of H-pyrrole nitrogens is 1. The highest BCUT2D eigenvalue weighted by molar-refractivity contribution is 6.09. The van der Waals surface area contributed by atoms with Crippen LogP contribution in [0.5, 0.6) is 0 Å². The molecule has 0 saturated heterocycles. The highest BCUT2D eigenvalue weighted by atomic mass is 15.0. The van der Waals surface area contributed by atoms with Crippen molar-refractivity contribution in [3.63, 3.8) is 0 Å². The summed E-state index contributed by atoms with van der Waals surface area (Å²) in [7, 11) is 0. The third kappa shape index (κ3) is 2.31. The molecule has 0 radical (unpaired) electrons. The van der Waals surface area contributed by atoms with Crippen molar-refractivity contribution >= 4 is 32.8 Å². The van der Waals surface area contributed by atoms with Gasteiger partial charge in [-0.25, -0.2) is 4.98 Å². The Kier molecular flexibility index (Phi) is 3.52. The number of hydrogen-bond acceptors (Lipinski definition) is 1. The topological polar surface area (TPSA) is 33.6 Å². The number of aromatic amines is 1. The Morgan fingerprint density at radius 3 is 2.58 bits per heavy atom. The summed E-state index contributed by atoms with van der Waals surface area (Å²) in [6.45, 7) is 3.30. The molecule has 2 heterocycles. The minimum absolute atomic E-state index is 0.929. The summed E-state index contributed by atoms with van der Waals surface area (Å²) >= 11 is 0. The molecule has 3 aromatic carbocycles. The molecule has 0 aliphatic rings. The van der Waals surface area contributed by atoms with Crippen molar-refractivity contribution < 1.29 is 0 Å². The van der Waals surface area contributed by atoms with Crippen LogP contribution in [0.2, 0.25) is 0 Å². The second kappa shape index (κ2) is 6.03. The summed E-state index contributed by atoms with van der Waals surface area (Å²) in [5.41, 5.74) is 5.84. The van der Waals surface area contributed by atoms with Crippen LogP contribution < -0.4 is 0 Å². The third-order valence-corrected chi connectivity index (χ3v) is 5.17. The van der Waals surface area contributed by atoms with Gasteiger partial charge in [0.15, 0.2) is 0 Å². The van der Waals surface area contributed by atoms with Gasteiger partial charge in [-0.2, -0.15) is 0 Å². The summed E-state index contributed by atoms with van der Waals surface area (Å²) in [6.07, 6.45) is 2.39. The van der Waals surface area contributed by atoms with Crippen LogP contribution in [0.4, 0.5) is 0 Å². The predicted molar refractivity (Wildman–Crippen MR) is 109 cm³/mol. The molecule has 0 fully saturated rings. The number of unbranched alkanes of at least 4 members (excludes halogenated alkanes) is 1. The largest absolute Gasteiger partial charge is 0.340 e. The molecule has 0 saturated carbocycles. The summed E-state index contributed by atoms with van der Waals surface area (Å²) in [5, 5.41) is 2.62. The fourth-order valence-corrected chi connectivity index (χ4v) is 3.85. The third-order valence-electron chi connectivity index (χ3n) is 5.17. The molecule has 3 nitrogen and oxygen atoms in total. The van der Waals surface area contributed by atoms with Crippen LogP contribution in [0.1, 0.15) is 19.8 Å². The van der Waals surface area contributed by atoms with E-state index in [0.717, 1.165) is 29.0 Å². The number of benzene rings is 3. The standard InChI is InChI=1S/C23H21N3/c1-2-3-14-26-21-11-7-4-8-17(21)18-15-16(12-13-22(18)26)23-24-19-9-5-6-10-20(19)25-23/h4-13,15H,2-3,14H2,1H3,(H,24,25). The van der Waals surface area contributed by atoms with Crippen molar-refractivity contribution in [3.8, 4) is 11.4 Å². The SMILES string of the molecule is CCCCn1c2ccccc2c2cc(-c3nc4ccccc4[nH]3)ccc21. The molecule has 0 aliphatic heterocycles.